The van der Waals surface area contributed by atoms with Crippen molar-refractivity contribution in [3.05, 3.63) is 0 Å². The molecule has 3 heterocycles. The molecule has 0 aromatic carbocycles. The van der Waals surface area contributed by atoms with Gasteiger partial charge in [0, 0.05) is 45.4 Å². The highest BCUT2D eigenvalue weighted by molar-refractivity contribution is 7.91. The Morgan fingerprint density at radius 2 is 1.88 bits per heavy atom. The number of likely N-dealkylation sites (N-methyl/N-ethyl adjacent to an activating group) is 1. The Labute approximate surface area is 155 Å². The fourth-order valence-electron chi connectivity index (χ4n) is 4.04. The zero-order valence-corrected chi connectivity index (χ0v) is 16.2. The van der Waals surface area contributed by atoms with Crippen LogP contribution in [0.5, 0.6) is 0 Å². The molecule has 0 spiro atoms. The number of hydrogen-bond acceptors (Lipinski definition) is 6. The molecule has 0 aliphatic carbocycles. The Balaban J connectivity index is 1.47. The maximum absolute atomic E-state index is 12.7. The quantitative estimate of drug-likeness (QED) is 0.623. The summed E-state index contributed by atoms with van der Waals surface area (Å²) in [5, 5.41) is 0. The number of ether oxygens (including phenoxy) is 1. The molecule has 2 amide bonds. The molecule has 3 aliphatic heterocycles. The first-order valence-electron chi connectivity index (χ1n) is 9.52. The third kappa shape index (κ3) is 4.55. The van der Waals surface area contributed by atoms with Crippen molar-refractivity contribution in [3.8, 4) is 0 Å². The monoisotopic (exact) mass is 387 g/mol. The number of piperazine rings is 1. The van der Waals surface area contributed by atoms with Crippen LogP contribution in [0.1, 0.15) is 26.2 Å². The molecule has 2 unspecified atom stereocenters. The predicted molar refractivity (Wildman–Crippen MR) is 96.4 cm³/mol. The van der Waals surface area contributed by atoms with Gasteiger partial charge in [-0.2, -0.15) is 0 Å². The van der Waals surface area contributed by atoms with Gasteiger partial charge in [0.25, 0.3) is 5.91 Å². The Hall–Kier alpha value is -1.19. The summed E-state index contributed by atoms with van der Waals surface area (Å²) in [4.78, 5) is 30.6. The molecular weight excluding hydrogens is 358 g/mol. The van der Waals surface area contributed by atoms with Gasteiger partial charge in [-0.15, -0.1) is 0 Å². The molecule has 0 bridgehead atoms. The Morgan fingerprint density at radius 1 is 1.15 bits per heavy atom. The van der Waals surface area contributed by atoms with E-state index >= 15 is 0 Å². The number of amides is 2. The van der Waals surface area contributed by atoms with Gasteiger partial charge in [0.2, 0.25) is 5.91 Å². The molecule has 3 aliphatic rings. The van der Waals surface area contributed by atoms with Gasteiger partial charge in [0.15, 0.2) is 9.84 Å². The highest BCUT2D eigenvalue weighted by Crippen LogP contribution is 2.19. The Kier molecular flexibility index (Phi) is 6.19. The number of sulfone groups is 1. The standard InChI is InChI=1S/C17H29N3O5S/c1-2-20(14-5-11-26(23,24)13-14)16(21)12-18-6-8-19(9-7-18)17(22)15-4-3-10-25-15/h14-15H,2-13H2,1H3. The molecule has 0 aromatic heterocycles. The molecule has 26 heavy (non-hydrogen) atoms. The van der Waals surface area contributed by atoms with Gasteiger partial charge in [0.1, 0.15) is 6.10 Å². The topological polar surface area (TPSA) is 87.2 Å². The van der Waals surface area contributed by atoms with E-state index in [4.69, 9.17) is 4.74 Å². The third-order valence-corrected chi connectivity index (χ3v) is 7.31. The van der Waals surface area contributed by atoms with Crippen LogP contribution in [0.15, 0.2) is 0 Å². The van der Waals surface area contributed by atoms with Crippen molar-refractivity contribution >= 4 is 21.7 Å². The molecule has 0 saturated carbocycles. The highest BCUT2D eigenvalue weighted by Gasteiger charge is 2.35. The minimum Gasteiger partial charge on any atom is -0.368 e. The average Bonchev–Trinajstić information content (AvgIpc) is 3.25. The third-order valence-electron chi connectivity index (χ3n) is 5.56. The lowest BCUT2D eigenvalue weighted by Gasteiger charge is -2.37. The van der Waals surface area contributed by atoms with Gasteiger partial charge in [-0.25, -0.2) is 8.42 Å². The van der Waals surface area contributed by atoms with Crippen LogP contribution in [-0.2, 0) is 24.2 Å². The van der Waals surface area contributed by atoms with Crippen LogP contribution in [0.2, 0.25) is 0 Å². The maximum atomic E-state index is 12.7. The molecule has 0 N–H and O–H groups in total. The summed E-state index contributed by atoms with van der Waals surface area (Å²) in [5.41, 5.74) is 0. The van der Waals surface area contributed by atoms with Crippen LogP contribution in [0.3, 0.4) is 0 Å². The lowest BCUT2D eigenvalue weighted by atomic mass is 10.2. The van der Waals surface area contributed by atoms with E-state index < -0.39 is 9.84 Å². The fourth-order valence-corrected chi connectivity index (χ4v) is 5.77. The first-order chi connectivity index (χ1) is 12.4. The van der Waals surface area contributed by atoms with E-state index in [9.17, 15) is 18.0 Å². The van der Waals surface area contributed by atoms with Crippen molar-refractivity contribution in [3.63, 3.8) is 0 Å². The minimum absolute atomic E-state index is 0.0199. The molecule has 8 nitrogen and oxygen atoms in total. The molecule has 148 valence electrons. The molecule has 0 aromatic rings. The van der Waals surface area contributed by atoms with Crippen LogP contribution in [0, 0.1) is 0 Å². The van der Waals surface area contributed by atoms with Crippen LogP contribution in [-0.4, -0.2) is 104 Å². The van der Waals surface area contributed by atoms with Crippen LogP contribution in [0.4, 0.5) is 0 Å². The van der Waals surface area contributed by atoms with Gasteiger partial charge >= 0.3 is 0 Å². The van der Waals surface area contributed by atoms with Crippen molar-refractivity contribution in [1.82, 2.24) is 14.7 Å². The molecule has 9 heteroatoms. The molecule has 2 atom stereocenters. The smallest absolute Gasteiger partial charge is 0.251 e. The second-order valence-electron chi connectivity index (χ2n) is 7.34. The van der Waals surface area contributed by atoms with E-state index in [1.165, 1.54) is 0 Å². The zero-order valence-electron chi connectivity index (χ0n) is 15.4. The average molecular weight is 388 g/mol. The van der Waals surface area contributed by atoms with Crippen LogP contribution < -0.4 is 0 Å². The van der Waals surface area contributed by atoms with Gasteiger partial charge < -0.3 is 14.5 Å². The number of rotatable bonds is 5. The zero-order chi connectivity index (χ0) is 18.7. The highest BCUT2D eigenvalue weighted by atomic mass is 32.2. The maximum Gasteiger partial charge on any atom is 0.251 e. The number of nitrogens with zero attached hydrogens (tertiary/aromatic N) is 3. The number of carbonyl (C=O) groups excluding carboxylic acids is 2. The summed E-state index contributed by atoms with van der Waals surface area (Å²) < 4.78 is 28.8. The normalized spacial score (nSPS) is 29.0. The molecule has 3 saturated heterocycles. The van der Waals surface area contributed by atoms with E-state index in [0.717, 1.165) is 12.8 Å². The summed E-state index contributed by atoms with van der Waals surface area (Å²) in [6.07, 6.45) is 1.98. The second-order valence-corrected chi connectivity index (χ2v) is 9.57. The van der Waals surface area contributed by atoms with Crippen molar-refractivity contribution in [2.24, 2.45) is 0 Å². The minimum atomic E-state index is -3.01. The van der Waals surface area contributed by atoms with Crippen LogP contribution >= 0.6 is 0 Å². The first kappa shape index (κ1) is 19.6. The van der Waals surface area contributed by atoms with E-state index in [0.29, 0.717) is 45.8 Å². The van der Waals surface area contributed by atoms with Gasteiger partial charge in [-0.3, -0.25) is 14.5 Å². The van der Waals surface area contributed by atoms with Crippen molar-refractivity contribution in [2.75, 3.05) is 57.4 Å². The van der Waals surface area contributed by atoms with Gasteiger partial charge in [-0.05, 0) is 26.2 Å². The predicted octanol–water partition coefficient (Wildman–Crippen LogP) is -0.655. The molecular formula is C17H29N3O5S. The van der Waals surface area contributed by atoms with E-state index in [-0.39, 0.29) is 42.0 Å². The number of hydrogen-bond donors (Lipinski definition) is 0. The lowest BCUT2D eigenvalue weighted by molar-refractivity contribution is -0.143. The summed E-state index contributed by atoms with van der Waals surface area (Å²) in [7, 11) is -3.01. The summed E-state index contributed by atoms with van der Waals surface area (Å²) in [6.45, 7) is 5.89. The Morgan fingerprint density at radius 3 is 2.42 bits per heavy atom. The van der Waals surface area contributed by atoms with Crippen LogP contribution in [0.25, 0.3) is 0 Å². The molecule has 3 rings (SSSR count). The molecule has 0 radical (unpaired) electrons. The number of carbonyl (C=O) groups is 2. The second kappa shape index (κ2) is 8.22. The van der Waals surface area contributed by atoms with Gasteiger partial charge in [0.05, 0.1) is 18.1 Å². The summed E-state index contributed by atoms with van der Waals surface area (Å²) in [5.74, 6) is 0.301. The fraction of sp³-hybridized carbons (Fsp3) is 0.882. The van der Waals surface area contributed by atoms with E-state index in [2.05, 4.69) is 0 Å². The Bertz CT molecular complexity index is 624. The SMILES string of the molecule is CCN(C(=O)CN1CCN(C(=O)C2CCCO2)CC1)C1CCS(=O)(=O)C1. The summed E-state index contributed by atoms with van der Waals surface area (Å²) >= 11 is 0. The van der Waals surface area contributed by atoms with E-state index in [1.54, 1.807) is 4.90 Å². The van der Waals surface area contributed by atoms with Crippen molar-refractivity contribution in [2.45, 2.75) is 38.3 Å². The first-order valence-corrected chi connectivity index (χ1v) is 11.3. The van der Waals surface area contributed by atoms with Crippen molar-refractivity contribution in [1.29, 1.82) is 0 Å². The largest absolute Gasteiger partial charge is 0.368 e. The van der Waals surface area contributed by atoms with Gasteiger partial charge in [-0.1, -0.05) is 0 Å². The summed E-state index contributed by atoms with van der Waals surface area (Å²) in [6, 6.07) is -0.195. The van der Waals surface area contributed by atoms with E-state index in [1.807, 2.05) is 16.7 Å². The lowest BCUT2D eigenvalue weighted by Crippen LogP contribution is -2.54. The van der Waals surface area contributed by atoms with Crippen molar-refractivity contribution < 1.29 is 22.7 Å². The molecule has 3 fully saturated rings.